The lowest BCUT2D eigenvalue weighted by atomic mass is 10.1. The van der Waals surface area contributed by atoms with E-state index in [4.69, 9.17) is 14.2 Å². The highest BCUT2D eigenvalue weighted by molar-refractivity contribution is 8.02. The van der Waals surface area contributed by atoms with E-state index in [1.54, 1.807) is 5.41 Å². The summed E-state index contributed by atoms with van der Waals surface area (Å²) in [5, 5.41) is 4.14. The molecule has 1 aliphatic heterocycles. The summed E-state index contributed by atoms with van der Waals surface area (Å²) in [4.78, 5) is 36.6. The number of carbonyl (C=O) groups is 3. The van der Waals surface area contributed by atoms with Crippen molar-refractivity contribution in [2.24, 2.45) is 0 Å². The SMILES string of the molecule is CC(=O)c1cc2c(cc1NC(=O)COC(=O)/C=C/Sc1ccccc1)OCO2. The average molecular weight is 399 g/mol. The number of rotatable bonds is 7. The van der Waals surface area contributed by atoms with Crippen LogP contribution in [0.25, 0.3) is 0 Å². The lowest BCUT2D eigenvalue weighted by molar-refractivity contribution is -0.142. The summed E-state index contributed by atoms with van der Waals surface area (Å²) in [6.45, 7) is 0.947. The van der Waals surface area contributed by atoms with E-state index in [0.29, 0.717) is 11.5 Å². The Morgan fingerprint density at radius 2 is 1.86 bits per heavy atom. The highest BCUT2D eigenvalue weighted by Crippen LogP contribution is 2.37. The molecule has 3 rings (SSSR count). The molecule has 0 unspecified atom stereocenters. The minimum Gasteiger partial charge on any atom is -0.454 e. The first kappa shape index (κ1) is 19.5. The molecule has 8 heteroatoms. The summed E-state index contributed by atoms with van der Waals surface area (Å²) >= 11 is 1.36. The number of Topliss-reactive ketones (excluding diaryl/α,β-unsaturated/α-hetero) is 1. The van der Waals surface area contributed by atoms with E-state index in [1.807, 2.05) is 30.3 Å². The van der Waals surface area contributed by atoms with E-state index in [2.05, 4.69) is 5.32 Å². The van der Waals surface area contributed by atoms with Crippen molar-refractivity contribution >= 4 is 35.1 Å². The van der Waals surface area contributed by atoms with E-state index >= 15 is 0 Å². The average Bonchev–Trinajstić information content (AvgIpc) is 3.14. The zero-order valence-electron chi connectivity index (χ0n) is 15.0. The van der Waals surface area contributed by atoms with Gasteiger partial charge in [-0.25, -0.2) is 4.79 Å². The predicted octanol–water partition coefficient (Wildman–Crippen LogP) is 3.41. The number of fused-ring (bicyclic) bond motifs is 1. The number of nitrogens with one attached hydrogen (secondary N) is 1. The minimum absolute atomic E-state index is 0.0506. The van der Waals surface area contributed by atoms with E-state index in [1.165, 1.54) is 36.9 Å². The molecule has 28 heavy (non-hydrogen) atoms. The van der Waals surface area contributed by atoms with Crippen molar-refractivity contribution in [1.82, 2.24) is 0 Å². The molecule has 1 heterocycles. The standard InChI is InChI=1S/C20H17NO6S/c1-13(22)15-9-17-18(27-12-26-17)10-16(15)21-19(23)11-25-20(24)7-8-28-14-5-3-2-4-6-14/h2-10H,11-12H2,1H3,(H,21,23)/b8-7+. The van der Waals surface area contributed by atoms with Gasteiger partial charge in [-0.05, 0) is 30.5 Å². The summed E-state index contributed by atoms with van der Waals surface area (Å²) in [7, 11) is 0. The predicted molar refractivity (Wildman–Crippen MR) is 104 cm³/mol. The summed E-state index contributed by atoms with van der Waals surface area (Å²) < 4.78 is 15.4. The van der Waals surface area contributed by atoms with Crippen LogP contribution in [-0.4, -0.2) is 31.1 Å². The molecule has 0 bridgehead atoms. The summed E-state index contributed by atoms with van der Waals surface area (Å²) in [6, 6.07) is 12.5. The van der Waals surface area contributed by atoms with Crippen molar-refractivity contribution in [2.45, 2.75) is 11.8 Å². The zero-order valence-corrected chi connectivity index (χ0v) is 15.8. The van der Waals surface area contributed by atoms with Crippen molar-refractivity contribution in [3.05, 3.63) is 59.5 Å². The van der Waals surface area contributed by atoms with Crippen LogP contribution in [0.3, 0.4) is 0 Å². The molecule has 0 fully saturated rings. The van der Waals surface area contributed by atoms with Crippen LogP contribution in [0.2, 0.25) is 0 Å². The molecule has 1 aliphatic rings. The highest BCUT2D eigenvalue weighted by atomic mass is 32.2. The Balaban J connectivity index is 1.53. The second-order valence-electron chi connectivity index (χ2n) is 5.70. The fourth-order valence-corrected chi connectivity index (χ4v) is 3.03. The maximum atomic E-state index is 12.1. The third-order valence-electron chi connectivity index (χ3n) is 3.66. The van der Waals surface area contributed by atoms with Crippen molar-refractivity contribution < 1.29 is 28.6 Å². The number of thioether (sulfide) groups is 1. The van der Waals surface area contributed by atoms with Crippen LogP contribution in [0, 0.1) is 0 Å². The summed E-state index contributed by atoms with van der Waals surface area (Å²) in [5.74, 6) is -0.588. The molecule has 0 atom stereocenters. The zero-order chi connectivity index (χ0) is 19.9. The maximum absolute atomic E-state index is 12.1. The first-order chi connectivity index (χ1) is 13.5. The number of amides is 1. The quantitative estimate of drug-likeness (QED) is 0.330. The first-order valence-electron chi connectivity index (χ1n) is 8.32. The van der Waals surface area contributed by atoms with Crippen molar-refractivity contribution in [2.75, 3.05) is 18.7 Å². The number of esters is 1. The second kappa shape index (κ2) is 9.09. The van der Waals surface area contributed by atoms with Gasteiger partial charge in [-0.15, -0.1) is 0 Å². The number of hydrogen-bond donors (Lipinski definition) is 1. The number of anilines is 1. The Hall–Kier alpha value is -3.26. The van der Waals surface area contributed by atoms with Gasteiger partial charge >= 0.3 is 5.97 Å². The molecule has 144 valence electrons. The van der Waals surface area contributed by atoms with Crippen LogP contribution in [0.1, 0.15) is 17.3 Å². The number of ketones is 1. The van der Waals surface area contributed by atoms with Gasteiger partial charge in [-0.3, -0.25) is 9.59 Å². The smallest absolute Gasteiger partial charge is 0.331 e. The van der Waals surface area contributed by atoms with Crippen LogP contribution in [0.5, 0.6) is 11.5 Å². The Morgan fingerprint density at radius 1 is 1.14 bits per heavy atom. The Kier molecular flexibility index (Phi) is 6.33. The van der Waals surface area contributed by atoms with Gasteiger partial charge in [0.15, 0.2) is 23.9 Å². The Labute approximate surface area is 165 Å². The minimum atomic E-state index is -0.643. The van der Waals surface area contributed by atoms with Gasteiger partial charge < -0.3 is 19.5 Å². The molecule has 1 N–H and O–H groups in total. The van der Waals surface area contributed by atoms with Crippen LogP contribution in [-0.2, 0) is 14.3 Å². The van der Waals surface area contributed by atoms with Crippen LogP contribution in [0.4, 0.5) is 5.69 Å². The topological polar surface area (TPSA) is 90.9 Å². The van der Waals surface area contributed by atoms with Crippen molar-refractivity contribution in [3.8, 4) is 11.5 Å². The Bertz CT molecular complexity index is 926. The molecule has 0 aliphatic carbocycles. The lowest BCUT2D eigenvalue weighted by Gasteiger charge is -2.10. The summed E-state index contributed by atoms with van der Waals surface area (Å²) in [5.41, 5.74) is 0.552. The molecule has 0 aromatic heterocycles. The molecule has 0 spiro atoms. The summed E-state index contributed by atoms with van der Waals surface area (Å²) in [6.07, 6.45) is 1.24. The van der Waals surface area contributed by atoms with Gasteiger partial charge in [-0.2, -0.15) is 0 Å². The van der Waals surface area contributed by atoms with Gasteiger partial charge in [-0.1, -0.05) is 30.0 Å². The molecule has 0 saturated carbocycles. The lowest BCUT2D eigenvalue weighted by Crippen LogP contribution is -2.21. The van der Waals surface area contributed by atoms with E-state index in [-0.39, 0.29) is 23.8 Å². The molecular formula is C20H17NO6S. The monoisotopic (exact) mass is 399 g/mol. The molecule has 0 saturated heterocycles. The fourth-order valence-electron chi connectivity index (χ4n) is 2.37. The molecule has 2 aromatic carbocycles. The number of hydrogen-bond acceptors (Lipinski definition) is 7. The van der Waals surface area contributed by atoms with Gasteiger partial charge in [0.2, 0.25) is 6.79 Å². The van der Waals surface area contributed by atoms with Gasteiger partial charge in [0.05, 0.1) is 5.69 Å². The third-order valence-corrected chi connectivity index (χ3v) is 4.48. The van der Waals surface area contributed by atoms with Crippen molar-refractivity contribution in [3.63, 3.8) is 0 Å². The van der Waals surface area contributed by atoms with E-state index in [0.717, 1.165) is 4.90 Å². The molecule has 2 aromatic rings. The largest absolute Gasteiger partial charge is 0.454 e. The molecule has 0 radical (unpaired) electrons. The Morgan fingerprint density at radius 3 is 2.57 bits per heavy atom. The van der Waals surface area contributed by atoms with E-state index < -0.39 is 18.5 Å². The molecule has 7 nitrogen and oxygen atoms in total. The van der Waals surface area contributed by atoms with E-state index in [9.17, 15) is 14.4 Å². The maximum Gasteiger partial charge on any atom is 0.331 e. The van der Waals surface area contributed by atoms with Gasteiger partial charge in [0.1, 0.15) is 0 Å². The number of carbonyl (C=O) groups excluding carboxylic acids is 3. The fraction of sp³-hybridized carbons (Fsp3) is 0.150. The molecule has 1 amide bonds. The molecular weight excluding hydrogens is 382 g/mol. The second-order valence-corrected chi connectivity index (χ2v) is 6.68. The highest BCUT2D eigenvalue weighted by Gasteiger charge is 2.20. The first-order valence-corrected chi connectivity index (χ1v) is 9.20. The number of ether oxygens (including phenoxy) is 3. The van der Waals surface area contributed by atoms with Gasteiger partial charge in [0, 0.05) is 22.6 Å². The third kappa shape index (κ3) is 5.14. The van der Waals surface area contributed by atoms with Crippen LogP contribution >= 0.6 is 11.8 Å². The van der Waals surface area contributed by atoms with Crippen LogP contribution < -0.4 is 14.8 Å². The van der Waals surface area contributed by atoms with Crippen LogP contribution in [0.15, 0.2) is 58.8 Å². The normalized spacial score (nSPS) is 12.0. The number of benzene rings is 2. The van der Waals surface area contributed by atoms with Crippen molar-refractivity contribution in [1.29, 1.82) is 0 Å². The van der Waals surface area contributed by atoms with Gasteiger partial charge in [0.25, 0.3) is 5.91 Å².